The van der Waals surface area contributed by atoms with Gasteiger partial charge in [-0.1, -0.05) is 133 Å². The minimum atomic E-state index is -0.0791. The van der Waals surface area contributed by atoms with Crippen molar-refractivity contribution >= 4 is 49.0 Å². The molecule has 0 bridgehead atoms. The Morgan fingerprint density at radius 2 is 0.922 bits per heavy atom. The second-order valence-corrected chi connectivity index (χ2v) is 12.7. The van der Waals surface area contributed by atoms with Gasteiger partial charge < -0.3 is 0 Å². The summed E-state index contributed by atoms with van der Waals surface area (Å²) >= 11 is 0. The molecule has 0 unspecified atom stereocenters. The lowest BCUT2D eigenvalue weighted by atomic mass is 9.98. The first kappa shape index (κ1) is 28.9. The molecule has 0 atom stereocenters. The summed E-state index contributed by atoms with van der Waals surface area (Å²) in [6, 6.07) is 54.8. The van der Waals surface area contributed by atoms with Gasteiger partial charge in [-0.05, 0) is 57.6 Å². The molecule has 0 amide bonds. The molecule has 0 spiro atoms. The van der Waals surface area contributed by atoms with E-state index in [0.717, 1.165) is 60.3 Å². The fraction of sp³-hybridized carbons (Fsp3) is 0. The van der Waals surface area contributed by atoms with Crippen LogP contribution in [0.5, 0.6) is 0 Å². The maximum atomic E-state index is 14.3. The van der Waals surface area contributed by atoms with E-state index in [0.29, 0.717) is 34.0 Å². The van der Waals surface area contributed by atoms with Crippen molar-refractivity contribution in [3.8, 4) is 45.3 Å². The number of benzene rings is 7. The fourth-order valence-corrected chi connectivity index (χ4v) is 7.09. The van der Waals surface area contributed by atoms with Crippen LogP contribution in [-0.4, -0.2) is 24.3 Å². The quantitative estimate of drug-likeness (QED) is 0.140. The normalized spacial score (nSPS) is 11.6. The first-order chi connectivity index (χ1) is 25.2. The zero-order valence-electron chi connectivity index (χ0n) is 27.2. The van der Waals surface area contributed by atoms with Gasteiger partial charge in [0.05, 0.1) is 16.4 Å². The Labute approximate surface area is 292 Å². The van der Waals surface area contributed by atoms with E-state index in [9.17, 15) is 4.79 Å². The van der Waals surface area contributed by atoms with Crippen molar-refractivity contribution in [2.75, 3.05) is 0 Å². The van der Waals surface area contributed by atoms with Crippen LogP contribution in [0.15, 0.2) is 169 Å². The number of rotatable bonds is 4. The Bertz CT molecular complexity index is 2990. The van der Waals surface area contributed by atoms with Crippen molar-refractivity contribution in [3.63, 3.8) is 0 Å². The average molecular weight is 654 g/mol. The highest BCUT2D eigenvalue weighted by atomic mass is 16.1. The zero-order valence-corrected chi connectivity index (χ0v) is 27.2. The third-order valence-corrected chi connectivity index (χ3v) is 9.58. The van der Waals surface area contributed by atoms with Crippen molar-refractivity contribution in [2.24, 2.45) is 0 Å². The molecule has 7 aromatic carbocycles. The van der Waals surface area contributed by atoms with Crippen LogP contribution < -0.4 is 5.56 Å². The van der Waals surface area contributed by atoms with Crippen LogP contribution >= 0.6 is 0 Å². The van der Waals surface area contributed by atoms with Crippen molar-refractivity contribution in [3.05, 3.63) is 174 Å². The molecule has 0 aliphatic heterocycles. The molecular formula is C45H27N5O. The Morgan fingerprint density at radius 1 is 0.373 bits per heavy atom. The summed E-state index contributed by atoms with van der Waals surface area (Å²) in [5, 5.41) is 5.61. The van der Waals surface area contributed by atoms with Gasteiger partial charge in [0, 0.05) is 27.5 Å². The lowest BCUT2D eigenvalue weighted by Gasteiger charge is -2.14. The van der Waals surface area contributed by atoms with Crippen LogP contribution in [0.3, 0.4) is 0 Å². The van der Waals surface area contributed by atoms with Gasteiger partial charge in [0.15, 0.2) is 17.5 Å². The van der Waals surface area contributed by atoms with Crippen LogP contribution in [0.2, 0.25) is 0 Å². The molecule has 3 heterocycles. The van der Waals surface area contributed by atoms with Gasteiger partial charge in [-0.15, -0.1) is 0 Å². The summed E-state index contributed by atoms with van der Waals surface area (Å²) in [6.07, 6.45) is 0. The Balaban J connectivity index is 1.16. The van der Waals surface area contributed by atoms with Crippen molar-refractivity contribution in [2.45, 2.75) is 0 Å². The average Bonchev–Trinajstić information content (AvgIpc) is 3.20. The van der Waals surface area contributed by atoms with Crippen molar-refractivity contribution in [1.82, 2.24) is 24.3 Å². The second-order valence-electron chi connectivity index (χ2n) is 12.7. The lowest BCUT2D eigenvalue weighted by molar-refractivity contribution is 1.07. The van der Waals surface area contributed by atoms with E-state index in [4.69, 9.17) is 19.9 Å². The SMILES string of the molecule is O=c1c2cc3ccccc3cc2nc2c3ccccc3c3cc(-c4cccc(-c5nc(-c6ccccc6)nc(-c6ccccc6)n5)c4)ccc3n12. The second kappa shape index (κ2) is 11.5. The van der Waals surface area contributed by atoms with Gasteiger partial charge in [0.2, 0.25) is 0 Å². The number of pyridine rings is 1. The smallest absolute Gasteiger partial charge is 0.266 e. The molecule has 10 aromatic rings. The van der Waals surface area contributed by atoms with E-state index in [1.807, 2.05) is 127 Å². The predicted molar refractivity (Wildman–Crippen MR) is 207 cm³/mol. The van der Waals surface area contributed by atoms with E-state index >= 15 is 0 Å². The highest BCUT2D eigenvalue weighted by Gasteiger charge is 2.17. The molecule has 0 saturated carbocycles. The standard InChI is InChI=1S/C45H27N5O/c51-45-38-26-31-16-7-8-17-32(31)27-39(38)46-44-36-21-10-9-20-35(36)37-25-33(22-23-40(37)50(44)45)30-18-11-19-34(24-30)43-48-41(28-12-3-1-4-13-28)47-42(49-43)29-14-5-2-6-15-29/h1-27H. The largest absolute Gasteiger partial charge is 0.268 e. The molecule has 6 heteroatoms. The number of aromatic nitrogens is 5. The summed E-state index contributed by atoms with van der Waals surface area (Å²) in [6.45, 7) is 0. The molecule has 3 aromatic heterocycles. The van der Waals surface area contributed by atoms with Gasteiger partial charge in [-0.3, -0.25) is 9.20 Å². The topological polar surface area (TPSA) is 73.0 Å². The third-order valence-electron chi connectivity index (χ3n) is 9.58. The van der Waals surface area contributed by atoms with Crippen LogP contribution in [0.4, 0.5) is 0 Å². The Morgan fingerprint density at radius 3 is 1.63 bits per heavy atom. The summed E-state index contributed by atoms with van der Waals surface area (Å²) in [5.41, 5.74) is 6.84. The Hall–Kier alpha value is -7.05. The maximum absolute atomic E-state index is 14.3. The molecule has 6 nitrogen and oxygen atoms in total. The van der Waals surface area contributed by atoms with Crippen LogP contribution in [0.25, 0.3) is 94.3 Å². The van der Waals surface area contributed by atoms with Gasteiger partial charge in [-0.2, -0.15) is 0 Å². The zero-order chi connectivity index (χ0) is 33.9. The molecule has 0 aliphatic carbocycles. The fourth-order valence-electron chi connectivity index (χ4n) is 7.09. The third kappa shape index (κ3) is 4.84. The van der Waals surface area contributed by atoms with Gasteiger partial charge >= 0.3 is 0 Å². The van der Waals surface area contributed by atoms with Crippen molar-refractivity contribution in [1.29, 1.82) is 0 Å². The molecular weight excluding hydrogens is 627 g/mol. The van der Waals surface area contributed by atoms with Crippen LogP contribution in [-0.2, 0) is 0 Å². The monoisotopic (exact) mass is 653 g/mol. The first-order valence-corrected chi connectivity index (χ1v) is 16.9. The van der Waals surface area contributed by atoms with Gasteiger partial charge in [0.25, 0.3) is 5.56 Å². The van der Waals surface area contributed by atoms with E-state index in [1.54, 1.807) is 4.40 Å². The number of hydrogen-bond acceptors (Lipinski definition) is 5. The maximum Gasteiger partial charge on any atom is 0.266 e. The first-order valence-electron chi connectivity index (χ1n) is 16.9. The number of nitrogens with zero attached hydrogens (tertiary/aromatic N) is 5. The minimum absolute atomic E-state index is 0.0791. The molecule has 0 radical (unpaired) electrons. The molecule has 0 N–H and O–H groups in total. The predicted octanol–water partition coefficient (Wildman–Crippen LogP) is 10.2. The summed E-state index contributed by atoms with van der Waals surface area (Å²) in [4.78, 5) is 34.1. The molecule has 238 valence electrons. The highest BCUT2D eigenvalue weighted by Crippen LogP contribution is 2.34. The molecule has 10 rings (SSSR count). The van der Waals surface area contributed by atoms with Gasteiger partial charge in [-0.25, -0.2) is 19.9 Å². The van der Waals surface area contributed by atoms with Crippen molar-refractivity contribution < 1.29 is 0 Å². The lowest BCUT2D eigenvalue weighted by Crippen LogP contribution is -2.16. The Kier molecular flexibility index (Phi) is 6.54. The highest BCUT2D eigenvalue weighted by molar-refractivity contribution is 6.13. The van der Waals surface area contributed by atoms with E-state index in [-0.39, 0.29) is 5.56 Å². The van der Waals surface area contributed by atoms with Gasteiger partial charge in [0.1, 0.15) is 5.65 Å². The van der Waals surface area contributed by atoms with Crippen LogP contribution in [0, 0.1) is 0 Å². The molecule has 0 aliphatic rings. The summed E-state index contributed by atoms with van der Waals surface area (Å²) < 4.78 is 1.77. The number of hydrogen-bond donors (Lipinski definition) is 0. The van der Waals surface area contributed by atoms with E-state index < -0.39 is 0 Å². The van der Waals surface area contributed by atoms with Crippen LogP contribution in [0.1, 0.15) is 0 Å². The van der Waals surface area contributed by atoms with E-state index in [1.165, 1.54) is 0 Å². The summed E-state index contributed by atoms with van der Waals surface area (Å²) in [7, 11) is 0. The molecule has 51 heavy (non-hydrogen) atoms. The number of fused-ring (bicyclic) bond motifs is 8. The minimum Gasteiger partial charge on any atom is -0.268 e. The molecule has 0 saturated heterocycles. The molecule has 0 fully saturated rings. The summed E-state index contributed by atoms with van der Waals surface area (Å²) in [5.74, 6) is 1.83. The van der Waals surface area contributed by atoms with E-state index in [2.05, 4.69) is 36.4 Å².